The Kier molecular flexibility index (Phi) is 3.11. The van der Waals surface area contributed by atoms with Gasteiger partial charge >= 0.3 is 0 Å². The van der Waals surface area contributed by atoms with Crippen LogP contribution in [-0.4, -0.2) is 10.9 Å². The van der Waals surface area contributed by atoms with Crippen LogP contribution in [0.4, 0.5) is 0 Å². The monoisotopic (exact) mass is 258 g/mol. The van der Waals surface area contributed by atoms with Crippen molar-refractivity contribution in [3.05, 3.63) is 52.5 Å². The first-order valence-electron chi connectivity index (χ1n) is 6.03. The number of nitrogens with zero attached hydrogens (tertiary/aromatic N) is 1. The number of thiophene rings is 1. The second-order valence-corrected chi connectivity index (χ2v) is 5.36. The minimum atomic E-state index is 0.168. The van der Waals surface area contributed by atoms with Crippen LogP contribution in [0.3, 0.4) is 0 Å². The zero-order chi connectivity index (χ0) is 12.4. The smallest absolute Gasteiger partial charge is 0.224 e. The van der Waals surface area contributed by atoms with Crippen molar-refractivity contribution in [2.75, 3.05) is 0 Å². The number of pyridine rings is 1. The van der Waals surface area contributed by atoms with Crippen LogP contribution in [0.25, 0.3) is 0 Å². The highest BCUT2D eigenvalue weighted by Crippen LogP contribution is 2.48. The van der Waals surface area contributed by atoms with Gasteiger partial charge in [-0.25, -0.2) is 0 Å². The Bertz CT molecular complexity index is 524. The molecule has 1 fully saturated rings. The Balaban J connectivity index is 1.52. The van der Waals surface area contributed by atoms with E-state index in [9.17, 15) is 4.79 Å². The van der Waals surface area contributed by atoms with Gasteiger partial charge in [0, 0.05) is 24.9 Å². The van der Waals surface area contributed by atoms with E-state index in [1.807, 2.05) is 12.1 Å². The van der Waals surface area contributed by atoms with Gasteiger partial charge in [0.05, 0.1) is 0 Å². The zero-order valence-corrected chi connectivity index (χ0v) is 10.7. The van der Waals surface area contributed by atoms with Crippen LogP contribution < -0.4 is 5.32 Å². The molecule has 1 N–H and O–H groups in total. The van der Waals surface area contributed by atoms with Gasteiger partial charge in [-0.05, 0) is 52.4 Å². The SMILES string of the molecule is O=C(NCc1ccncc1)[C@@H]1C[C@H]1c1ccsc1. The van der Waals surface area contributed by atoms with Gasteiger partial charge in [0.1, 0.15) is 0 Å². The summed E-state index contributed by atoms with van der Waals surface area (Å²) in [6.45, 7) is 0.591. The summed E-state index contributed by atoms with van der Waals surface area (Å²) in [4.78, 5) is 15.9. The molecule has 1 aliphatic rings. The Labute approximate surface area is 110 Å². The van der Waals surface area contributed by atoms with Gasteiger partial charge in [-0.1, -0.05) is 0 Å². The van der Waals surface area contributed by atoms with E-state index in [0.29, 0.717) is 12.5 Å². The molecule has 2 atom stereocenters. The van der Waals surface area contributed by atoms with Crippen molar-refractivity contribution in [3.8, 4) is 0 Å². The molecule has 92 valence electrons. The second-order valence-electron chi connectivity index (χ2n) is 4.58. The molecule has 0 saturated heterocycles. The van der Waals surface area contributed by atoms with Gasteiger partial charge in [0.25, 0.3) is 0 Å². The van der Waals surface area contributed by atoms with E-state index < -0.39 is 0 Å². The summed E-state index contributed by atoms with van der Waals surface area (Å²) in [6, 6.07) is 5.96. The number of carbonyl (C=O) groups is 1. The lowest BCUT2D eigenvalue weighted by Gasteiger charge is -2.04. The summed E-state index contributed by atoms with van der Waals surface area (Å²) in [6.07, 6.45) is 4.47. The lowest BCUT2D eigenvalue weighted by atomic mass is 10.2. The fourth-order valence-corrected chi connectivity index (χ4v) is 2.88. The molecule has 2 aromatic heterocycles. The van der Waals surface area contributed by atoms with Crippen molar-refractivity contribution >= 4 is 17.2 Å². The molecule has 1 amide bonds. The number of aromatic nitrogens is 1. The van der Waals surface area contributed by atoms with Crippen LogP contribution >= 0.6 is 11.3 Å². The molecule has 2 aromatic rings. The largest absolute Gasteiger partial charge is 0.352 e. The molecule has 0 spiro atoms. The highest BCUT2D eigenvalue weighted by Gasteiger charge is 2.43. The van der Waals surface area contributed by atoms with E-state index >= 15 is 0 Å². The van der Waals surface area contributed by atoms with Gasteiger partial charge in [-0.15, -0.1) is 0 Å². The average Bonchev–Trinajstić information content (AvgIpc) is 3.03. The third-order valence-corrected chi connectivity index (χ3v) is 4.02. The van der Waals surface area contributed by atoms with E-state index in [4.69, 9.17) is 0 Å². The summed E-state index contributed by atoms with van der Waals surface area (Å²) in [7, 11) is 0. The van der Waals surface area contributed by atoms with Crippen LogP contribution in [-0.2, 0) is 11.3 Å². The molecule has 2 heterocycles. The van der Waals surface area contributed by atoms with Crippen molar-refractivity contribution < 1.29 is 4.79 Å². The molecule has 18 heavy (non-hydrogen) atoms. The first-order valence-corrected chi connectivity index (χ1v) is 6.97. The minimum absolute atomic E-state index is 0.168. The first-order chi connectivity index (χ1) is 8.84. The molecule has 0 radical (unpaired) electrons. The average molecular weight is 258 g/mol. The summed E-state index contributed by atoms with van der Waals surface area (Å²) >= 11 is 1.69. The zero-order valence-electron chi connectivity index (χ0n) is 9.87. The van der Waals surface area contributed by atoms with Crippen molar-refractivity contribution in [1.82, 2.24) is 10.3 Å². The molecule has 1 aliphatic carbocycles. The Morgan fingerprint density at radius 1 is 1.39 bits per heavy atom. The quantitative estimate of drug-likeness (QED) is 0.915. The Morgan fingerprint density at radius 2 is 2.22 bits per heavy atom. The number of hydrogen-bond acceptors (Lipinski definition) is 3. The summed E-state index contributed by atoms with van der Waals surface area (Å²) in [5.74, 6) is 0.776. The molecule has 3 nitrogen and oxygen atoms in total. The molecule has 4 heteroatoms. The fourth-order valence-electron chi connectivity index (χ4n) is 2.16. The molecule has 3 rings (SSSR count). The fraction of sp³-hybridized carbons (Fsp3) is 0.286. The highest BCUT2D eigenvalue weighted by atomic mass is 32.1. The highest BCUT2D eigenvalue weighted by molar-refractivity contribution is 7.08. The third-order valence-electron chi connectivity index (χ3n) is 3.31. The molecular formula is C14H14N2OS. The summed E-state index contributed by atoms with van der Waals surface area (Å²) < 4.78 is 0. The van der Waals surface area contributed by atoms with Crippen LogP contribution in [0.5, 0.6) is 0 Å². The van der Waals surface area contributed by atoms with Gasteiger partial charge in [0.2, 0.25) is 5.91 Å². The van der Waals surface area contributed by atoms with E-state index in [0.717, 1.165) is 12.0 Å². The van der Waals surface area contributed by atoms with Crippen LogP contribution in [0.15, 0.2) is 41.4 Å². The standard InChI is InChI=1S/C14H14N2OS/c17-14(16-8-10-1-4-15-5-2-10)13-7-12(13)11-3-6-18-9-11/h1-6,9,12-13H,7-8H2,(H,16,17)/t12-,13+/m0/s1. The minimum Gasteiger partial charge on any atom is -0.352 e. The maximum absolute atomic E-state index is 12.0. The van der Waals surface area contributed by atoms with E-state index in [-0.39, 0.29) is 11.8 Å². The third kappa shape index (κ3) is 2.43. The maximum atomic E-state index is 12.0. The lowest BCUT2D eigenvalue weighted by Crippen LogP contribution is -2.24. The number of carbonyl (C=O) groups excluding carboxylic acids is 1. The Morgan fingerprint density at radius 3 is 2.94 bits per heavy atom. The maximum Gasteiger partial charge on any atom is 0.224 e. The van der Waals surface area contributed by atoms with Gasteiger partial charge in [0.15, 0.2) is 0 Å². The van der Waals surface area contributed by atoms with Gasteiger partial charge in [-0.3, -0.25) is 9.78 Å². The number of amides is 1. The topological polar surface area (TPSA) is 42.0 Å². The van der Waals surface area contributed by atoms with Crippen molar-refractivity contribution in [2.24, 2.45) is 5.92 Å². The number of hydrogen-bond donors (Lipinski definition) is 1. The predicted octanol–water partition coefficient (Wildman–Crippen LogP) is 2.56. The molecule has 0 aliphatic heterocycles. The molecule has 0 unspecified atom stereocenters. The van der Waals surface area contributed by atoms with Gasteiger partial charge in [-0.2, -0.15) is 11.3 Å². The summed E-state index contributed by atoms with van der Waals surface area (Å²) in [5, 5.41) is 7.20. The molecule has 0 aromatic carbocycles. The van der Waals surface area contributed by atoms with E-state index in [2.05, 4.69) is 27.1 Å². The predicted molar refractivity (Wildman–Crippen MR) is 71.3 cm³/mol. The van der Waals surface area contributed by atoms with Crippen LogP contribution in [0.2, 0.25) is 0 Å². The van der Waals surface area contributed by atoms with E-state index in [1.165, 1.54) is 5.56 Å². The normalized spacial score (nSPS) is 21.6. The molecule has 1 saturated carbocycles. The Hall–Kier alpha value is -1.68. The lowest BCUT2D eigenvalue weighted by molar-refractivity contribution is -0.122. The first kappa shape index (κ1) is 11.4. The van der Waals surface area contributed by atoms with Crippen LogP contribution in [0, 0.1) is 5.92 Å². The van der Waals surface area contributed by atoms with E-state index in [1.54, 1.807) is 23.7 Å². The molecule has 0 bridgehead atoms. The van der Waals surface area contributed by atoms with Crippen molar-refractivity contribution in [1.29, 1.82) is 0 Å². The number of rotatable bonds is 4. The number of nitrogens with one attached hydrogen (secondary N) is 1. The second kappa shape index (κ2) is 4.90. The molecular weight excluding hydrogens is 244 g/mol. The van der Waals surface area contributed by atoms with Crippen molar-refractivity contribution in [2.45, 2.75) is 18.9 Å². The summed E-state index contributed by atoms with van der Waals surface area (Å²) in [5.41, 5.74) is 2.40. The van der Waals surface area contributed by atoms with Gasteiger partial charge < -0.3 is 5.32 Å². The van der Waals surface area contributed by atoms with Crippen LogP contribution in [0.1, 0.15) is 23.5 Å². The van der Waals surface area contributed by atoms with Crippen molar-refractivity contribution in [3.63, 3.8) is 0 Å².